The van der Waals surface area contributed by atoms with Crippen LogP contribution in [-0.2, 0) is 14.2 Å². The van der Waals surface area contributed by atoms with E-state index in [4.69, 9.17) is 10.2 Å². The Morgan fingerprint density at radius 3 is 2.31 bits per heavy atom. The number of hydrogen-bond acceptors (Lipinski definition) is 3. The molecule has 0 bridgehead atoms. The molecule has 0 rings (SSSR count). The smallest absolute Gasteiger partial charge is 0.429 e. The first-order chi connectivity index (χ1) is 5.93. The molecule has 0 aliphatic heterocycles. The zero-order valence-electron chi connectivity index (χ0n) is 7.06. The molecule has 0 aromatic carbocycles. The van der Waals surface area contributed by atoms with E-state index in [0.29, 0.717) is 0 Å². The molecule has 0 spiro atoms. The summed E-state index contributed by atoms with van der Waals surface area (Å²) in [5.74, 6) is -2.26. The number of hydrogen-bond donors (Lipinski definition) is 3. The quantitative estimate of drug-likeness (QED) is 0.541. The van der Waals surface area contributed by atoms with Crippen molar-refractivity contribution in [3.8, 4) is 0 Å². The van der Waals surface area contributed by atoms with Gasteiger partial charge in [-0.05, 0) is 6.42 Å². The summed E-state index contributed by atoms with van der Waals surface area (Å²) < 4.78 is 10.6. The van der Waals surface area contributed by atoms with Gasteiger partial charge in [-0.1, -0.05) is 9.65 Å². The summed E-state index contributed by atoms with van der Waals surface area (Å²) in [6.07, 6.45) is -0.327. The molecule has 0 aliphatic carbocycles. The summed E-state index contributed by atoms with van der Waals surface area (Å²) in [4.78, 5) is 20.6. The SMILES string of the molecule is C[P+](=O)NC(CCC(=O)O)C(=O)O. The number of nitrogens with one attached hydrogen (secondary N) is 1. The van der Waals surface area contributed by atoms with Crippen molar-refractivity contribution >= 4 is 19.9 Å². The minimum atomic E-state index is -1.78. The van der Waals surface area contributed by atoms with E-state index in [-0.39, 0.29) is 12.8 Å². The number of rotatable bonds is 6. The summed E-state index contributed by atoms with van der Waals surface area (Å²) >= 11 is 0. The molecule has 0 aromatic rings. The molecule has 13 heavy (non-hydrogen) atoms. The normalized spacial score (nSPS) is 13.5. The lowest BCUT2D eigenvalue weighted by atomic mass is 10.2. The third-order valence-electron chi connectivity index (χ3n) is 1.28. The van der Waals surface area contributed by atoms with E-state index < -0.39 is 25.9 Å². The predicted octanol–water partition coefficient (Wildman–Crippen LogP) is 0.266. The van der Waals surface area contributed by atoms with Crippen LogP contribution in [-0.4, -0.2) is 34.9 Å². The van der Waals surface area contributed by atoms with E-state index in [1.807, 2.05) is 0 Å². The van der Waals surface area contributed by atoms with Crippen molar-refractivity contribution in [2.75, 3.05) is 6.66 Å². The number of aliphatic carboxylic acids is 2. The van der Waals surface area contributed by atoms with Gasteiger partial charge in [0.25, 0.3) is 0 Å². The Bertz CT molecular complexity index is 229. The van der Waals surface area contributed by atoms with Gasteiger partial charge in [-0.15, -0.1) is 0 Å². The Kier molecular flexibility index (Phi) is 5.18. The molecule has 0 fully saturated rings. The van der Waals surface area contributed by atoms with Gasteiger partial charge >= 0.3 is 19.9 Å². The van der Waals surface area contributed by atoms with E-state index in [2.05, 4.69) is 5.09 Å². The first kappa shape index (κ1) is 12.0. The third kappa shape index (κ3) is 6.19. The number of carboxylic acid groups (broad SMARTS) is 2. The van der Waals surface area contributed by atoms with Gasteiger partial charge in [-0.3, -0.25) is 9.59 Å². The Balaban J connectivity index is 4.02. The molecule has 0 aliphatic rings. The van der Waals surface area contributed by atoms with E-state index in [9.17, 15) is 14.2 Å². The maximum absolute atomic E-state index is 10.6. The number of carboxylic acids is 2. The van der Waals surface area contributed by atoms with Crippen LogP contribution in [0.2, 0.25) is 0 Å². The average Bonchev–Trinajstić information content (AvgIpc) is 1.96. The topological polar surface area (TPSA) is 104 Å². The molecule has 0 amide bonds. The molecule has 2 unspecified atom stereocenters. The summed E-state index contributed by atoms with van der Waals surface area (Å²) in [6, 6.07) is -1.05. The van der Waals surface area contributed by atoms with Crippen molar-refractivity contribution in [2.24, 2.45) is 0 Å². The molecule has 0 aromatic heterocycles. The number of carbonyl (C=O) groups is 2. The summed E-state index contributed by atoms with van der Waals surface area (Å²) in [5.41, 5.74) is 0. The van der Waals surface area contributed by atoms with Gasteiger partial charge < -0.3 is 10.2 Å². The maximum Gasteiger partial charge on any atom is 0.429 e. The molecule has 74 valence electrons. The molecular weight excluding hydrogens is 197 g/mol. The van der Waals surface area contributed by atoms with Crippen molar-refractivity contribution in [3.05, 3.63) is 0 Å². The third-order valence-corrected chi connectivity index (χ3v) is 1.96. The van der Waals surface area contributed by atoms with Crippen LogP contribution in [0.25, 0.3) is 0 Å². The van der Waals surface area contributed by atoms with Crippen LogP contribution in [0.5, 0.6) is 0 Å². The van der Waals surface area contributed by atoms with Gasteiger partial charge in [-0.25, -0.2) is 0 Å². The Hall–Kier alpha value is -1.00. The van der Waals surface area contributed by atoms with Gasteiger partial charge in [0.1, 0.15) is 6.04 Å². The summed E-state index contributed by atoms with van der Waals surface area (Å²) in [6.45, 7) is 1.33. The van der Waals surface area contributed by atoms with Crippen LogP contribution in [0.1, 0.15) is 12.8 Å². The molecule has 6 nitrogen and oxygen atoms in total. The fourth-order valence-electron chi connectivity index (χ4n) is 0.731. The van der Waals surface area contributed by atoms with Crippen molar-refractivity contribution in [1.29, 1.82) is 0 Å². The molecule has 0 radical (unpaired) electrons. The molecular formula is C6H11NO5P+. The van der Waals surface area contributed by atoms with Crippen molar-refractivity contribution in [3.63, 3.8) is 0 Å². The molecule has 0 saturated heterocycles. The zero-order chi connectivity index (χ0) is 10.4. The van der Waals surface area contributed by atoms with Crippen LogP contribution in [0.3, 0.4) is 0 Å². The summed E-state index contributed by atoms with van der Waals surface area (Å²) in [5, 5.41) is 19.1. The van der Waals surface area contributed by atoms with Crippen LogP contribution in [0, 0.1) is 0 Å². The molecule has 0 heterocycles. The summed E-state index contributed by atoms with van der Waals surface area (Å²) in [7, 11) is -1.78. The van der Waals surface area contributed by atoms with Gasteiger partial charge in [0, 0.05) is 6.42 Å². The highest BCUT2D eigenvalue weighted by molar-refractivity contribution is 7.41. The fourth-order valence-corrected chi connectivity index (χ4v) is 1.41. The van der Waals surface area contributed by atoms with E-state index >= 15 is 0 Å². The lowest BCUT2D eigenvalue weighted by Gasteiger charge is -2.04. The highest BCUT2D eigenvalue weighted by Crippen LogP contribution is 2.11. The van der Waals surface area contributed by atoms with Crippen LogP contribution in [0.15, 0.2) is 0 Å². The minimum Gasteiger partial charge on any atom is -0.481 e. The Labute approximate surface area is 75.8 Å². The van der Waals surface area contributed by atoms with Crippen molar-refractivity contribution in [1.82, 2.24) is 5.09 Å². The van der Waals surface area contributed by atoms with Gasteiger partial charge in [0.2, 0.25) is 0 Å². The van der Waals surface area contributed by atoms with Crippen molar-refractivity contribution in [2.45, 2.75) is 18.9 Å². The average molecular weight is 208 g/mol. The second kappa shape index (κ2) is 5.61. The van der Waals surface area contributed by atoms with E-state index in [0.717, 1.165) is 0 Å². The van der Waals surface area contributed by atoms with Crippen molar-refractivity contribution < 1.29 is 24.4 Å². The first-order valence-corrected chi connectivity index (χ1v) is 5.25. The van der Waals surface area contributed by atoms with E-state index in [1.54, 1.807) is 0 Å². The maximum atomic E-state index is 10.6. The molecule has 0 saturated carbocycles. The predicted molar refractivity (Wildman–Crippen MR) is 45.0 cm³/mol. The second-order valence-electron chi connectivity index (χ2n) is 2.45. The van der Waals surface area contributed by atoms with Gasteiger partial charge in [-0.2, -0.15) is 0 Å². The largest absolute Gasteiger partial charge is 0.481 e. The van der Waals surface area contributed by atoms with Crippen LogP contribution < -0.4 is 5.09 Å². The first-order valence-electron chi connectivity index (χ1n) is 3.55. The van der Waals surface area contributed by atoms with Gasteiger partial charge in [0.15, 0.2) is 6.66 Å². The van der Waals surface area contributed by atoms with Gasteiger partial charge in [0.05, 0.1) is 0 Å². The molecule has 7 heteroatoms. The molecule has 2 atom stereocenters. The second-order valence-corrected chi connectivity index (χ2v) is 3.70. The van der Waals surface area contributed by atoms with E-state index in [1.165, 1.54) is 6.66 Å². The minimum absolute atomic E-state index is 0.0699. The fraction of sp³-hybridized carbons (Fsp3) is 0.667. The lowest BCUT2D eigenvalue weighted by molar-refractivity contribution is -0.140. The monoisotopic (exact) mass is 208 g/mol. The van der Waals surface area contributed by atoms with Crippen LogP contribution >= 0.6 is 7.95 Å². The highest BCUT2D eigenvalue weighted by Gasteiger charge is 2.24. The van der Waals surface area contributed by atoms with Crippen LogP contribution in [0.4, 0.5) is 0 Å². The Morgan fingerprint density at radius 2 is 2.00 bits per heavy atom. The Morgan fingerprint density at radius 1 is 1.46 bits per heavy atom. The zero-order valence-corrected chi connectivity index (χ0v) is 7.95. The lowest BCUT2D eigenvalue weighted by Crippen LogP contribution is -2.32. The standard InChI is InChI=1S/C6H10NO5P/c1-13(12)7-4(6(10)11)2-3-5(8)9/h4H,2-3H2,1H3,(H2-,7,8,9,10,11,12)/p+1. The molecule has 3 N–H and O–H groups in total. The highest BCUT2D eigenvalue weighted by atomic mass is 31.1.